The summed E-state index contributed by atoms with van der Waals surface area (Å²) in [4.78, 5) is 16.8. The number of halogens is 1. The second kappa shape index (κ2) is 5.62. The largest absolute Gasteiger partial charge is 0.507 e. The zero-order chi connectivity index (χ0) is 14.1. The van der Waals surface area contributed by atoms with Gasteiger partial charge in [0, 0.05) is 24.2 Å². The minimum atomic E-state index is -0.0964. The Kier molecular flexibility index (Phi) is 3.85. The number of hydrogen-bond donors (Lipinski definition) is 1. The Bertz CT molecular complexity index is 515. The second-order valence-corrected chi connectivity index (χ2v) is 6.03. The Morgan fingerprint density at radius 1 is 1.25 bits per heavy atom. The van der Waals surface area contributed by atoms with Crippen LogP contribution in [0.15, 0.2) is 18.2 Å². The van der Waals surface area contributed by atoms with Gasteiger partial charge in [-0.25, -0.2) is 0 Å². The second-order valence-electron chi connectivity index (χ2n) is 5.60. The van der Waals surface area contributed by atoms with Gasteiger partial charge in [-0.05, 0) is 50.6 Å². The summed E-state index contributed by atoms with van der Waals surface area (Å²) in [6, 6.07) is 5.14. The normalized spacial score (nSPS) is 23.4. The molecule has 1 N–H and O–H groups in total. The van der Waals surface area contributed by atoms with E-state index in [1.165, 1.54) is 18.9 Å². The summed E-state index contributed by atoms with van der Waals surface area (Å²) >= 11 is 5.80. The van der Waals surface area contributed by atoms with Crippen molar-refractivity contribution in [2.75, 3.05) is 26.2 Å². The first kappa shape index (κ1) is 13.7. The first-order chi connectivity index (χ1) is 9.65. The van der Waals surface area contributed by atoms with Crippen molar-refractivity contribution in [2.45, 2.75) is 25.3 Å². The number of likely N-dealkylation sites (tertiary alicyclic amines) is 2. The van der Waals surface area contributed by atoms with E-state index >= 15 is 0 Å². The van der Waals surface area contributed by atoms with Crippen molar-refractivity contribution in [3.63, 3.8) is 0 Å². The lowest BCUT2D eigenvalue weighted by Gasteiger charge is -2.23. The highest BCUT2D eigenvalue weighted by Crippen LogP contribution is 2.26. The molecule has 1 amide bonds. The lowest BCUT2D eigenvalue weighted by atomic mass is 10.2. The summed E-state index contributed by atoms with van der Waals surface area (Å²) in [5.74, 6) is -0.131. The molecule has 5 heteroatoms. The molecule has 2 fully saturated rings. The summed E-state index contributed by atoms with van der Waals surface area (Å²) in [7, 11) is 0. The maximum absolute atomic E-state index is 12.4. The van der Waals surface area contributed by atoms with Gasteiger partial charge in [-0.15, -0.1) is 0 Å². The predicted octanol–water partition coefficient (Wildman–Crippen LogP) is 2.36. The zero-order valence-electron chi connectivity index (χ0n) is 11.4. The number of carbonyl (C=O) groups excluding carboxylic acids is 1. The predicted molar refractivity (Wildman–Crippen MR) is 78.2 cm³/mol. The minimum Gasteiger partial charge on any atom is -0.507 e. The van der Waals surface area contributed by atoms with Gasteiger partial charge < -0.3 is 10.0 Å². The van der Waals surface area contributed by atoms with Crippen LogP contribution in [0.4, 0.5) is 0 Å². The third kappa shape index (κ3) is 2.63. The highest BCUT2D eigenvalue weighted by Gasteiger charge is 2.32. The topological polar surface area (TPSA) is 43.8 Å². The molecule has 0 saturated carbocycles. The lowest BCUT2D eigenvalue weighted by Crippen LogP contribution is -2.37. The number of carbonyl (C=O) groups is 1. The van der Waals surface area contributed by atoms with Crippen molar-refractivity contribution >= 4 is 17.5 Å². The number of phenols is 1. The van der Waals surface area contributed by atoms with E-state index in [1.54, 1.807) is 12.1 Å². The molecule has 2 saturated heterocycles. The summed E-state index contributed by atoms with van der Waals surface area (Å²) in [6.07, 6.45) is 3.56. The van der Waals surface area contributed by atoms with Crippen molar-refractivity contribution in [1.29, 1.82) is 0 Å². The van der Waals surface area contributed by atoms with E-state index in [0.717, 1.165) is 32.6 Å². The molecular formula is C15H19ClN2O2. The van der Waals surface area contributed by atoms with Crippen molar-refractivity contribution in [1.82, 2.24) is 9.80 Å². The number of rotatable bonds is 2. The molecule has 0 aromatic heterocycles. The van der Waals surface area contributed by atoms with Gasteiger partial charge in [0.2, 0.25) is 0 Å². The maximum atomic E-state index is 12.4. The van der Waals surface area contributed by atoms with E-state index in [9.17, 15) is 9.90 Å². The van der Waals surface area contributed by atoms with Crippen molar-refractivity contribution < 1.29 is 9.90 Å². The number of phenolic OH excluding ortho intramolecular Hbond substituents is 1. The molecule has 0 radical (unpaired) electrons. The minimum absolute atomic E-state index is 0.0351. The number of aromatic hydroxyl groups is 1. The average molecular weight is 295 g/mol. The van der Waals surface area contributed by atoms with Crippen LogP contribution in [0.3, 0.4) is 0 Å². The number of nitrogens with zero attached hydrogens (tertiary/aromatic N) is 2. The van der Waals surface area contributed by atoms with Gasteiger partial charge in [0.1, 0.15) is 5.75 Å². The van der Waals surface area contributed by atoms with E-state index in [4.69, 9.17) is 11.6 Å². The zero-order valence-corrected chi connectivity index (χ0v) is 12.1. The van der Waals surface area contributed by atoms with Crippen LogP contribution in [0.25, 0.3) is 0 Å². The Morgan fingerprint density at radius 2 is 2.00 bits per heavy atom. The van der Waals surface area contributed by atoms with Crippen LogP contribution >= 0.6 is 11.6 Å². The molecule has 0 bridgehead atoms. The fourth-order valence-corrected chi connectivity index (χ4v) is 3.35. The van der Waals surface area contributed by atoms with Crippen LogP contribution in [0.1, 0.15) is 29.6 Å². The van der Waals surface area contributed by atoms with Gasteiger partial charge in [0.25, 0.3) is 5.91 Å². The Morgan fingerprint density at radius 3 is 2.70 bits per heavy atom. The smallest absolute Gasteiger partial charge is 0.257 e. The molecule has 1 atom stereocenters. The molecule has 2 aliphatic rings. The Balaban J connectivity index is 1.69. The highest BCUT2D eigenvalue weighted by molar-refractivity contribution is 6.30. The quantitative estimate of drug-likeness (QED) is 0.910. The molecule has 0 spiro atoms. The van der Waals surface area contributed by atoms with E-state index in [2.05, 4.69) is 4.90 Å². The Hall–Kier alpha value is -1.26. The van der Waals surface area contributed by atoms with Crippen LogP contribution in [-0.2, 0) is 0 Å². The van der Waals surface area contributed by atoms with Crippen molar-refractivity contribution in [3.05, 3.63) is 28.8 Å². The molecule has 1 aromatic rings. The molecule has 1 unspecified atom stereocenters. The van der Waals surface area contributed by atoms with E-state index in [0.29, 0.717) is 16.6 Å². The first-order valence-electron chi connectivity index (χ1n) is 7.17. The average Bonchev–Trinajstić information content (AvgIpc) is 3.09. The first-order valence-corrected chi connectivity index (χ1v) is 7.55. The van der Waals surface area contributed by atoms with E-state index in [-0.39, 0.29) is 11.7 Å². The molecular weight excluding hydrogens is 276 g/mol. The van der Waals surface area contributed by atoms with Crippen LogP contribution in [0.2, 0.25) is 5.02 Å². The number of hydrogen-bond acceptors (Lipinski definition) is 3. The van der Waals surface area contributed by atoms with Gasteiger partial charge in [-0.3, -0.25) is 9.69 Å². The lowest BCUT2D eigenvalue weighted by molar-refractivity contribution is 0.0777. The van der Waals surface area contributed by atoms with Crippen molar-refractivity contribution in [3.8, 4) is 5.75 Å². The van der Waals surface area contributed by atoms with Crippen LogP contribution in [0.5, 0.6) is 5.75 Å². The number of amides is 1. The third-order valence-corrected chi connectivity index (χ3v) is 4.53. The fraction of sp³-hybridized carbons (Fsp3) is 0.533. The monoisotopic (exact) mass is 294 g/mol. The summed E-state index contributed by atoms with van der Waals surface area (Å²) in [6.45, 7) is 3.83. The fourth-order valence-electron chi connectivity index (χ4n) is 3.19. The van der Waals surface area contributed by atoms with Gasteiger partial charge in [-0.2, -0.15) is 0 Å². The molecule has 4 nitrogen and oxygen atoms in total. The molecule has 108 valence electrons. The standard InChI is InChI=1S/C15H19ClN2O2/c16-11-3-4-13(14(19)9-11)15(20)18-8-5-12(10-18)17-6-1-2-7-17/h3-4,9,12,19H,1-2,5-8,10H2. The van der Waals surface area contributed by atoms with E-state index in [1.807, 2.05) is 4.90 Å². The summed E-state index contributed by atoms with van der Waals surface area (Å²) in [5, 5.41) is 10.3. The maximum Gasteiger partial charge on any atom is 0.257 e. The van der Waals surface area contributed by atoms with Gasteiger partial charge >= 0.3 is 0 Å². The highest BCUT2D eigenvalue weighted by atomic mass is 35.5. The molecule has 20 heavy (non-hydrogen) atoms. The van der Waals surface area contributed by atoms with E-state index < -0.39 is 0 Å². The third-order valence-electron chi connectivity index (χ3n) is 4.30. The molecule has 3 rings (SSSR count). The molecule has 2 heterocycles. The molecule has 2 aliphatic heterocycles. The number of benzene rings is 1. The SMILES string of the molecule is O=C(c1ccc(Cl)cc1O)N1CCC(N2CCCC2)C1. The molecule has 0 aliphatic carbocycles. The van der Waals surface area contributed by atoms with Gasteiger partial charge in [0.15, 0.2) is 0 Å². The van der Waals surface area contributed by atoms with Crippen LogP contribution in [0, 0.1) is 0 Å². The van der Waals surface area contributed by atoms with Crippen molar-refractivity contribution in [2.24, 2.45) is 0 Å². The van der Waals surface area contributed by atoms with Crippen LogP contribution in [-0.4, -0.2) is 53.0 Å². The summed E-state index contributed by atoms with van der Waals surface area (Å²) in [5.41, 5.74) is 0.344. The molecule has 1 aromatic carbocycles. The Labute approximate surface area is 123 Å². The summed E-state index contributed by atoms with van der Waals surface area (Å²) < 4.78 is 0. The van der Waals surface area contributed by atoms with Crippen LogP contribution < -0.4 is 0 Å². The van der Waals surface area contributed by atoms with Gasteiger partial charge in [0.05, 0.1) is 5.56 Å². The van der Waals surface area contributed by atoms with Gasteiger partial charge in [-0.1, -0.05) is 11.6 Å².